The Bertz CT molecular complexity index is 1040. The molecule has 3 rings (SSSR count). The van der Waals surface area contributed by atoms with Crippen LogP contribution in [0.2, 0.25) is 0 Å². The average Bonchev–Trinajstić information content (AvgIpc) is 3.10. The molecule has 31 heavy (non-hydrogen) atoms. The van der Waals surface area contributed by atoms with Gasteiger partial charge in [0.05, 0.1) is 5.69 Å². The van der Waals surface area contributed by atoms with Crippen LogP contribution in [-0.2, 0) is 25.7 Å². The molecule has 2 N–H and O–H groups in total. The second-order valence-corrected chi connectivity index (χ2v) is 9.87. The second kappa shape index (κ2) is 10.1. The summed E-state index contributed by atoms with van der Waals surface area (Å²) in [6, 6.07) is 3.85. The van der Waals surface area contributed by atoms with Crippen molar-refractivity contribution in [3.05, 3.63) is 46.0 Å². The number of carbonyl (C=O) groups is 1. The number of aromatic nitrogens is 1. The first-order valence-electron chi connectivity index (χ1n) is 9.68. The first-order valence-corrected chi connectivity index (χ1v) is 11.9. The highest BCUT2D eigenvalue weighted by Crippen LogP contribution is 2.41. The molecule has 0 spiro atoms. The minimum absolute atomic E-state index is 0.139. The fourth-order valence-electron chi connectivity index (χ4n) is 3.24. The fraction of sp³-hybridized carbons (Fsp3) is 0.474. The maximum absolute atomic E-state index is 13.7. The molecule has 1 heterocycles. The molecule has 0 saturated heterocycles. The van der Waals surface area contributed by atoms with Crippen LogP contribution in [0.5, 0.6) is 0 Å². The van der Waals surface area contributed by atoms with Gasteiger partial charge in [0.15, 0.2) is 16.8 Å². The lowest BCUT2D eigenvalue weighted by molar-refractivity contribution is -0.118. The predicted octanol–water partition coefficient (Wildman–Crippen LogP) is 2.24. The minimum Gasteiger partial charge on any atom is -0.308 e. The molecule has 0 saturated carbocycles. The number of rotatable bonds is 9. The van der Waals surface area contributed by atoms with E-state index in [-0.39, 0.29) is 12.5 Å². The second-order valence-electron chi connectivity index (χ2n) is 7.41. The van der Waals surface area contributed by atoms with Crippen molar-refractivity contribution < 1.29 is 26.2 Å². The van der Waals surface area contributed by atoms with Gasteiger partial charge in [0.25, 0.3) is 5.91 Å². The number of amides is 1. The van der Waals surface area contributed by atoms with Gasteiger partial charge in [-0.15, -0.1) is 11.3 Å². The lowest BCUT2D eigenvalue weighted by atomic mass is 9.86. The van der Waals surface area contributed by atoms with Gasteiger partial charge >= 0.3 is 10.3 Å². The summed E-state index contributed by atoms with van der Waals surface area (Å²) in [4.78, 5) is 19.2. The molecule has 1 aliphatic rings. The number of anilines is 1. The van der Waals surface area contributed by atoms with Crippen LogP contribution in [0, 0.1) is 11.6 Å². The average molecular weight is 475 g/mol. The largest absolute Gasteiger partial charge is 0.336 e. The van der Waals surface area contributed by atoms with Crippen LogP contribution in [0.1, 0.15) is 34.9 Å². The molecule has 0 fully saturated rings. The summed E-state index contributed by atoms with van der Waals surface area (Å²) in [6.45, 7) is -0.0474. The number of hydrogen-bond acceptors (Lipinski definition) is 7. The SMILES string of the molecule is CN(C)CCNS(=O)(=O)OCC(=O)Nc1nc2c(s1)[C@H](c1ccc(F)c(F)c1)CCC2. The van der Waals surface area contributed by atoms with Crippen LogP contribution in [0.4, 0.5) is 13.9 Å². The van der Waals surface area contributed by atoms with Crippen LogP contribution in [0.15, 0.2) is 18.2 Å². The standard InChI is InChI=1S/C19H24F2N4O4S2/c1-25(2)9-8-22-31(27,28)29-11-17(26)24-19-23-16-5-3-4-13(18(16)30-19)12-6-7-14(20)15(21)10-12/h6-7,10,13,22H,3-5,8-9,11H2,1-2H3,(H,23,24,26)/t13-/m0/s1. The van der Waals surface area contributed by atoms with Crippen molar-refractivity contribution in [1.82, 2.24) is 14.6 Å². The van der Waals surface area contributed by atoms with Crippen molar-refractivity contribution in [2.75, 3.05) is 39.1 Å². The molecule has 0 aliphatic heterocycles. The van der Waals surface area contributed by atoms with Gasteiger partial charge in [-0.05, 0) is 51.1 Å². The number of carbonyl (C=O) groups excluding carboxylic acids is 1. The first kappa shape index (κ1) is 23.7. The van der Waals surface area contributed by atoms with Gasteiger partial charge in [-0.1, -0.05) is 6.07 Å². The third kappa shape index (κ3) is 6.50. The lowest BCUT2D eigenvalue weighted by Gasteiger charge is -2.21. The Hall–Kier alpha value is -1.99. The van der Waals surface area contributed by atoms with E-state index < -0.39 is 34.5 Å². The molecule has 1 aliphatic carbocycles. The van der Waals surface area contributed by atoms with E-state index >= 15 is 0 Å². The fourth-order valence-corrected chi connectivity index (χ4v) is 5.12. The Kier molecular flexibility index (Phi) is 7.70. The number of likely N-dealkylation sites (N-methyl/N-ethyl adjacent to an activating group) is 1. The van der Waals surface area contributed by atoms with Crippen molar-refractivity contribution >= 4 is 32.7 Å². The van der Waals surface area contributed by atoms with Crippen molar-refractivity contribution in [3.63, 3.8) is 0 Å². The summed E-state index contributed by atoms with van der Waals surface area (Å²) >= 11 is 1.24. The van der Waals surface area contributed by atoms with Crippen molar-refractivity contribution in [3.8, 4) is 0 Å². The Morgan fingerprint density at radius 3 is 2.81 bits per heavy atom. The molecule has 0 radical (unpaired) electrons. The van der Waals surface area contributed by atoms with Crippen molar-refractivity contribution in [1.29, 1.82) is 0 Å². The third-order valence-corrected chi connectivity index (χ3v) is 6.84. The van der Waals surface area contributed by atoms with Crippen LogP contribution < -0.4 is 10.0 Å². The number of nitrogens with zero attached hydrogens (tertiary/aromatic N) is 2. The van der Waals surface area contributed by atoms with E-state index in [1.54, 1.807) is 25.1 Å². The molecule has 1 aromatic carbocycles. The molecule has 8 nitrogen and oxygen atoms in total. The maximum atomic E-state index is 13.7. The highest BCUT2D eigenvalue weighted by Gasteiger charge is 2.27. The number of thiazole rings is 1. The van der Waals surface area contributed by atoms with E-state index in [9.17, 15) is 22.0 Å². The summed E-state index contributed by atoms with van der Waals surface area (Å²) in [5, 5.41) is 2.86. The van der Waals surface area contributed by atoms with Gasteiger partial charge in [-0.2, -0.15) is 13.1 Å². The third-order valence-electron chi connectivity index (χ3n) is 4.73. The van der Waals surface area contributed by atoms with Crippen molar-refractivity contribution in [2.24, 2.45) is 0 Å². The van der Waals surface area contributed by atoms with Crippen LogP contribution in [-0.4, -0.2) is 58.0 Å². The van der Waals surface area contributed by atoms with Gasteiger partial charge in [0.2, 0.25) is 0 Å². The molecular formula is C19H24F2N4O4S2. The summed E-state index contributed by atoms with van der Waals surface area (Å²) < 4.78 is 57.4. The number of aryl methyl sites for hydroxylation is 1. The van der Waals surface area contributed by atoms with Gasteiger partial charge in [-0.3, -0.25) is 10.1 Å². The quantitative estimate of drug-likeness (QED) is 0.578. The molecule has 1 amide bonds. The zero-order valence-corrected chi connectivity index (χ0v) is 18.8. The smallest absolute Gasteiger partial charge is 0.308 e. The molecule has 1 atom stereocenters. The minimum atomic E-state index is -4.04. The summed E-state index contributed by atoms with van der Waals surface area (Å²) in [5.41, 5.74) is 1.44. The molecule has 12 heteroatoms. The normalized spacial score (nSPS) is 16.4. The zero-order valence-electron chi connectivity index (χ0n) is 17.2. The highest BCUT2D eigenvalue weighted by atomic mass is 32.2. The van der Waals surface area contributed by atoms with Crippen LogP contribution in [0.3, 0.4) is 0 Å². The molecule has 0 unspecified atom stereocenters. The summed E-state index contributed by atoms with van der Waals surface area (Å²) in [5.74, 6) is -2.60. The van der Waals surface area contributed by atoms with Crippen molar-refractivity contribution in [2.45, 2.75) is 25.2 Å². The maximum Gasteiger partial charge on any atom is 0.336 e. The number of halogens is 2. The monoisotopic (exact) mass is 474 g/mol. The van der Waals surface area contributed by atoms with E-state index in [0.29, 0.717) is 23.7 Å². The van der Waals surface area contributed by atoms with Crippen LogP contribution >= 0.6 is 11.3 Å². The number of fused-ring (bicyclic) bond motifs is 1. The Morgan fingerprint density at radius 2 is 2.10 bits per heavy atom. The topological polar surface area (TPSA) is 101 Å². The Labute approximate surface area is 183 Å². The number of benzene rings is 1. The molecule has 170 valence electrons. The predicted molar refractivity (Wildman–Crippen MR) is 113 cm³/mol. The molecule has 0 bridgehead atoms. The highest BCUT2D eigenvalue weighted by molar-refractivity contribution is 7.84. The van der Waals surface area contributed by atoms with Gasteiger partial charge in [-0.25, -0.2) is 17.9 Å². The van der Waals surface area contributed by atoms with Gasteiger partial charge in [0, 0.05) is 23.9 Å². The molecule has 2 aromatic rings. The van der Waals surface area contributed by atoms with E-state index in [2.05, 4.69) is 15.0 Å². The summed E-state index contributed by atoms with van der Waals surface area (Å²) in [6.07, 6.45) is 2.30. The lowest BCUT2D eigenvalue weighted by Crippen LogP contribution is -2.34. The van der Waals surface area contributed by atoms with E-state index in [1.165, 1.54) is 17.4 Å². The van der Waals surface area contributed by atoms with Crippen LogP contribution in [0.25, 0.3) is 0 Å². The zero-order chi connectivity index (χ0) is 22.6. The Balaban J connectivity index is 1.61. The number of nitrogens with one attached hydrogen (secondary N) is 2. The molecular weight excluding hydrogens is 450 g/mol. The van der Waals surface area contributed by atoms with Gasteiger partial charge < -0.3 is 4.90 Å². The summed E-state index contributed by atoms with van der Waals surface area (Å²) in [7, 11) is -0.442. The first-order chi connectivity index (χ1) is 14.6. The molecule has 1 aromatic heterocycles. The van der Waals surface area contributed by atoms with Gasteiger partial charge in [0.1, 0.15) is 6.61 Å². The Morgan fingerprint density at radius 1 is 1.32 bits per heavy atom. The number of hydrogen-bond donors (Lipinski definition) is 2. The van der Waals surface area contributed by atoms with E-state index in [0.717, 1.165) is 29.5 Å². The van der Waals surface area contributed by atoms with E-state index in [4.69, 9.17) is 4.18 Å². The van der Waals surface area contributed by atoms with E-state index in [1.807, 2.05) is 0 Å².